The first-order valence-corrected chi connectivity index (χ1v) is 14.5. The SMILES string of the molecule is CC(C)=CCCC(C)=CCCC(C)=CCCC(C)=CCCC(C)=CCCC(C)=CCc1cccc(O)c1O. The van der Waals surface area contributed by atoms with Crippen molar-refractivity contribution in [1.29, 1.82) is 0 Å². The van der Waals surface area contributed by atoms with Crippen molar-refractivity contribution in [3.63, 3.8) is 0 Å². The van der Waals surface area contributed by atoms with Crippen molar-refractivity contribution in [3.05, 3.63) is 93.7 Å². The fourth-order valence-corrected chi connectivity index (χ4v) is 4.31. The molecule has 0 aliphatic rings. The molecular formula is C36H54O2. The quantitative estimate of drug-likeness (QED) is 0.159. The van der Waals surface area contributed by atoms with E-state index in [0.717, 1.165) is 56.9 Å². The van der Waals surface area contributed by atoms with Crippen molar-refractivity contribution in [2.45, 2.75) is 119 Å². The summed E-state index contributed by atoms with van der Waals surface area (Å²) >= 11 is 0. The first kappa shape index (κ1) is 33.3. The van der Waals surface area contributed by atoms with Gasteiger partial charge in [0.15, 0.2) is 11.5 Å². The second kappa shape index (κ2) is 19.3. The number of phenols is 2. The molecule has 0 aromatic heterocycles. The van der Waals surface area contributed by atoms with Crippen LogP contribution in [-0.2, 0) is 6.42 Å². The van der Waals surface area contributed by atoms with E-state index < -0.39 is 0 Å². The molecule has 0 aliphatic carbocycles. The molecule has 0 aliphatic heterocycles. The molecule has 0 atom stereocenters. The third kappa shape index (κ3) is 16.2. The van der Waals surface area contributed by atoms with Crippen molar-refractivity contribution in [2.75, 3.05) is 0 Å². The van der Waals surface area contributed by atoms with Crippen molar-refractivity contribution in [2.24, 2.45) is 0 Å². The van der Waals surface area contributed by atoms with E-state index in [1.54, 1.807) is 6.07 Å². The Labute approximate surface area is 234 Å². The third-order valence-electron chi connectivity index (χ3n) is 6.99. The molecule has 0 unspecified atom stereocenters. The van der Waals surface area contributed by atoms with E-state index in [4.69, 9.17) is 0 Å². The topological polar surface area (TPSA) is 40.5 Å². The van der Waals surface area contributed by atoms with Crippen molar-refractivity contribution in [1.82, 2.24) is 0 Å². The molecule has 0 radical (unpaired) electrons. The number of rotatable bonds is 17. The predicted octanol–water partition coefficient (Wildman–Crippen LogP) is 11.2. The second-order valence-corrected chi connectivity index (χ2v) is 11.2. The Bertz CT molecular complexity index is 1020. The van der Waals surface area contributed by atoms with Gasteiger partial charge in [0.1, 0.15) is 0 Å². The lowest BCUT2D eigenvalue weighted by Crippen LogP contribution is -1.86. The van der Waals surface area contributed by atoms with Crippen molar-refractivity contribution in [3.8, 4) is 11.5 Å². The van der Waals surface area contributed by atoms with E-state index in [9.17, 15) is 10.2 Å². The lowest BCUT2D eigenvalue weighted by Gasteiger charge is -2.05. The highest BCUT2D eigenvalue weighted by Crippen LogP contribution is 2.29. The summed E-state index contributed by atoms with van der Waals surface area (Å²) in [5.41, 5.74) is 9.44. The fourth-order valence-electron chi connectivity index (χ4n) is 4.31. The Morgan fingerprint density at radius 3 is 1.29 bits per heavy atom. The van der Waals surface area contributed by atoms with Gasteiger partial charge in [0.2, 0.25) is 0 Å². The van der Waals surface area contributed by atoms with Crippen LogP contribution in [0.2, 0.25) is 0 Å². The molecule has 2 nitrogen and oxygen atoms in total. The van der Waals surface area contributed by atoms with E-state index in [-0.39, 0.29) is 11.5 Å². The molecule has 0 saturated carbocycles. The van der Waals surface area contributed by atoms with Gasteiger partial charge in [-0.2, -0.15) is 0 Å². The molecule has 0 amide bonds. The maximum atomic E-state index is 9.93. The Hall–Kier alpha value is -2.74. The highest BCUT2D eigenvalue weighted by Gasteiger charge is 2.04. The van der Waals surface area contributed by atoms with Crippen LogP contribution in [0.3, 0.4) is 0 Å². The van der Waals surface area contributed by atoms with Crippen LogP contribution in [0.1, 0.15) is 118 Å². The van der Waals surface area contributed by atoms with E-state index >= 15 is 0 Å². The molecule has 38 heavy (non-hydrogen) atoms. The zero-order valence-electron chi connectivity index (χ0n) is 25.4. The standard InChI is InChI=1S/C36H54O2/c1-28(2)14-8-15-29(3)16-9-17-30(4)18-10-19-31(5)20-11-21-32(6)22-12-23-33(7)26-27-34-24-13-25-35(37)36(34)38/h13-14,16,18,20,22,24-26,37-38H,8-12,15,17,19,21,23,27H2,1-7H3. The molecule has 0 heterocycles. The van der Waals surface area contributed by atoms with Crippen molar-refractivity contribution >= 4 is 0 Å². The van der Waals surface area contributed by atoms with Gasteiger partial charge >= 0.3 is 0 Å². The molecule has 0 bridgehead atoms. The molecule has 210 valence electrons. The maximum Gasteiger partial charge on any atom is 0.160 e. The number of para-hydroxylation sites is 1. The van der Waals surface area contributed by atoms with Gasteiger partial charge in [-0.05, 0) is 125 Å². The second-order valence-electron chi connectivity index (χ2n) is 11.2. The first-order chi connectivity index (χ1) is 18.1. The summed E-state index contributed by atoms with van der Waals surface area (Å²) in [5, 5.41) is 19.6. The van der Waals surface area contributed by atoms with Crippen molar-refractivity contribution < 1.29 is 10.2 Å². The average molecular weight is 519 g/mol. The highest BCUT2D eigenvalue weighted by molar-refractivity contribution is 5.45. The maximum absolute atomic E-state index is 9.93. The van der Waals surface area contributed by atoms with Gasteiger partial charge in [0.05, 0.1) is 0 Å². The lowest BCUT2D eigenvalue weighted by molar-refractivity contribution is 0.400. The predicted molar refractivity (Wildman–Crippen MR) is 168 cm³/mol. The lowest BCUT2D eigenvalue weighted by atomic mass is 10.0. The zero-order chi connectivity index (χ0) is 28.3. The first-order valence-electron chi connectivity index (χ1n) is 14.5. The minimum absolute atomic E-state index is 0.00830. The normalized spacial score (nSPS) is 13.7. The Morgan fingerprint density at radius 1 is 0.526 bits per heavy atom. The smallest absolute Gasteiger partial charge is 0.160 e. The van der Waals surface area contributed by atoms with E-state index in [2.05, 4.69) is 84.9 Å². The van der Waals surface area contributed by atoms with E-state index in [1.807, 2.05) is 6.07 Å². The van der Waals surface area contributed by atoms with Crippen LogP contribution in [0.5, 0.6) is 11.5 Å². The van der Waals surface area contributed by atoms with Crippen LogP contribution in [0, 0.1) is 0 Å². The Balaban J connectivity index is 2.28. The fraction of sp³-hybridized carbons (Fsp3) is 0.500. The minimum Gasteiger partial charge on any atom is -0.504 e. The third-order valence-corrected chi connectivity index (χ3v) is 6.99. The summed E-state index contributed by atoms with van der Waals surface area (Å²) in [7, 11) is 0. The molecule has 2 heteroatoms. The van der Waals surface area contributed by atoms with E-state index in [0.29, 0.717) is 6.42 Å². The molecule has 1 aromatic rings. The molecule has 1 aromatic carbocycles. The Kier molecular flexibility index (Phi) is 16.9. The van der Waals surface area contributed by atoms with Gasteiger partial charge in [0, 0.05) is 5.56 Å². The summed E-state index contributed by atoms with van der Waals surface area (Å²) in [6.07, 6.45) is 25.9. The summed E-state index contributed by atoms with van der Waals surface area (Å²) in [5.74, 6) is -0.0612. The molecule has 1 rings (SSSR count). The number of aromatic hydroxyl groups is 2. The van der Waals surface area contributed by atoms with Gasteiger partial charge in [-0.1, -0.05) is 82.0 Å². The van der Waals surface area contributed by atoms with Crippen LogP contribution >= 0.6 is 0 Å². The average Bonchev–Trinajstić information content (AvgIpc) is 2.84. The summed E-state index contributed by atoms with van der Waals surface area (Å²) in [6.45, 7) is 15.5. The minimum atomic E-state index is -0.0529. The number of allylic oxidation sites excluding steroid dienone is 12. The summed E-state index contributed by atoms with van der Waals surface area (Å²) < 4.78 is 0. The van der Waals surface area contributed by atoms with Crippen LogP contribution in [0.4, 0.5) is 0 Å². The van der Waals surface area contributed by atoms with Gasteiger partial charge < -0.3 is 10.2 Å². The number of benzene rings is 1. The zero-order valence-corrected chi connectivity index (χ0v) is 25.4. The van der Waals surface area contributed by atoms with Crippen LogP contribution < -0.4 is 0 Å². The monoisotopic (exact) mass is 518 g/mol. The summed E-state index contributed by atoms with van der Waals surface area (Å²) in [6, 6.07) is 5.13. The highest BCUT2D eigenvalue weighted by atomic mass is 16.3. The number of phenolic OH excluding ortho intramolecular Hbond substituents is 2. The van der Waals surface area contributed by atoms with E-state index in [1.165, 1.54) is 52.3 Å². The number of hydrogen-bond acceptors (Lipinski definition) is 2. The molecule has 0 fully saturated rings. The van der Waals surface area contributed by atoms with Gasteiger partial charge in [-0.15, -0.1) is 0 Å². The Morgan fingerprint density at radius 2 is 0.895 bits per heavy atom. The van der Waals surface area contributed by atoms with Gasteiger partial charge in [-0.25, -0.2) is 0 Å². The van der Waals surface area contributed by atoms with Gasteiger partial charge in [-0.3, -0.25) is 0 Å². The molecule has 2 N–H and O–H groups in total. The number of hydrogen-bond donors (Lipinski definition) is 2. The van der Waals surface area contributed by atoms with Crippen LogP contribution in [-0.4, -0.2) is 10.2 Å². The molecular weight excluding hydrogens is 464 g/mol. The van der Waals surface area contributed by atoms with Crippen LogP contribution in [0.25, 0.3) is 0 Å². The molecule has 0 saturated heterocycles. The molecule has 0 spiro atoms. The summed E-state index contributed by atoms with van der Waals surface area (Å²) in [4.78, 5) is 0. The van der Waals surface area contributed by atoms with Gasteiger partial charge in [0.25, 0.3) is 0 Å². The van der Waals surface area contributed by atoms with Crippen LogP contribution in [0.15, 0.2) is 88.1 Å². The largest absolute Gasteiger partial charge is 0.504 e.